The number of ether oxygens (including phenoxy) is 2. The van der Waals surface area contributed by atoms with Crippen LogP contribution in [-0.2, 0) is 34.4 Å². The summed E-state index contributed by atoms with van der Waals surface area (Å²) in [6, 6.07) is 13.2. The molecule has 6 heterocycles. The Morgan fingerprint density at radius 1 is 0.970 bits per heavy atom. The lowest BCUT2D eigenvalue weighted by atomic mass is 9.47. The quantitative estimate of drug-likeness (QED) is 0.0520. The van der Waals surface area contributed by atoms with Crippen molar-refractivity contribution in [3.63, 3.8) is 0 Å². The number of aliphatic hydroxyl groups is 5. The Morgan fingerprint density at radius 2 is 1.78 bits per heavy atom. The molecule has 16 nitrogen and oxygen atoms in total. The molecule has 526 valence electrons. The number of benzene rings is 3. The first-order valence-electron chi connectivity index (χ1n) is 37.9. The average Bonchev–Trinajstić information content (AvgIpc) is 1.43. The van der Waals surface area contributed by atoms with E-state index in [2.05, 4.69) is 91.5 Å². The summed E-state index contributed by atoms with van der Waals surface area (Å²) in [5.41, 5.74) is 14.1. The second-order valence-corrected chi connectivity index (χ2v) is 33.6. The third-order valence-corrected chi connectivity index (χ3v) is 28.8. The fraction of sp³-hybridized carbons (Fsp3) is 0.548. The number of nitrogens with one attached hydrogen (secondary N) is 3. The summed E-state index contributed by atoms with van der Waals surface area (Å²) in [6.07, 6.45) is 29.0. The molecule has 15 aliphatic rings. The molecule has 0 amide bonds. The Bertz CT molecular complexity index is 4460. The van der Waals surface area contributed by atoms with Crippen LogP contribution in [0.15, 0.2) is 145 Å². The molecular weight excluding hydrogens is 1260 g/mol. The molecule has 18 atom stereocenters. The van der Waals surface area contributed by atoms with Crippen LogP contribution < -0.4 is 31.8 Å². The van der Waals surface area contributed by atoms with Gasteiger partial charge in [-0.2, -0.15) is 0 Å². The van der Waals surface area contributed by atoms with E-state index in [0.29, 0.717) is 81.1 Å². The highest BCUT2D eigenvalue weighted by Crippen LogP contribution is 2.73. The number of dihydropyridines is 2. The van der Waals surface area contributed by atoms with Gasteiger partial charge in [-0.3, -0.25) is 10.1 Å². The summed E-state index contributed by atoms with van der Waals surface area (Å²) in [6.45, 7) is 7.60. The van der Waals surface area contributed by atoms with Gasteiger partial charge in [0, 0.05) is 76.9 Å². The van der Waals surface area contributed by atoms with Crippen LogP contribution in [0.25, 0.3) is 11.0 Å². The molecule has 4 aromatic rings. The lowest BCUT2D eigenvalue weighted by Gasteiger charge is -2.57. The van der Waals surface area contributed by atoms with Gasteiger partial charge in [-0.15, -0.1) is 0 Å². The maximum Gasteiger partial charge on any atom is 0.337 e. The van der Waals surface area contributed by atoms with E-state index in [-0.39, 0.29) is 88.1 Å². The first-order valence-corrected chi connectivity index (χ1v) is 37.9. The highest BCUT2D eigenvalue weighted by atomic mass is 16.6. The number of phenols is 2. The van der Waals surface area contributed by atoms with E-state index in [1.807, 2.05) is 19.1 Å². The van der Waals surface area contributed by atoms with Crippen LogP contribution in [0, 0.1) is 52.3 Å². The summed E-state index contributed by atoms with van der Waals surface area (Å²) in [5.74, 6) is -3.06. The maximum absolute atomic E-state index is 16.7. The number of phenolic OH excluding ortho intramolecular Hbond substituents is 2. The Morgan fingerprint density at radius 3 is 2.57 bits per heavy atom. The minimum atomic E-state index is -1.70. The molecule has 100 heavy (non-hydrogen) atoms. The van der Waals surface area contributed by atoms with Gasteiger partial charge < -0.3 is 66.0 Å². The number of hydrogen-bond acceptors (Lipinski definition) is 16. The maximum atomic E-state index is 16.7. The highest BCUT2D eigenvalue weighted by molar-refractivity contribution is 5.93. The molecule has 10 aliphatic carbocycles. The molecule has 16 heteroatoms. The van der Waals surface area contributed by atoms with Crippen molar-refractivity contribution in [1.82, 2.24) is 16.0 Å². The van der Waals surface area contributed by atoms with E-state index >= 15 is 9.59 Å². The van der Waals surface area contributed by atoms with Crippen LogP contribution in [0.2, 0.25) is 0 Å². The zero-order valence-corrected chi connectivity index (χ0v) is 58.1. The van der Waals surface area contributed by atoms with E-state index in [0.717, 1.165) is 70.2 Å². The molecular formula is C84H98N4O12. The van der Waals surface area contributed by atoms with Crippen LogP contribution in [0.1, 0.15) is 205 Å². The molecule has 0 saturated heterocycles. The number of aliphatic hydroxyl groups excluding tert-OH is 4. The first-order chi connectivity index (χ1) is 48.2. The standard InChI is InChI=1S/C84H98N4O12/c1-5-62(84(97)36-60-52-14-11-15-56-71(52)83-37-64(84)58(60)30-47(83)22-26-82(41-83,76(56)95)35-49(92)28-42(2)44-12-7-6-8-13-44)79(96)99-66-33-59-73(94)69-65(93)32-50(39-89)98-75(69)70-67-55-23-27-86-77(85)68(55)72(81(24-9-10-25-81)34-45-17-18-48(91)31-57(45)61(67)40-90)54-21-20-51-46(29-63(54)80(66,4)100-74(59)70)38-87-78-53(51)19-16-43(3)88-78/h5,11,14-19,22-23,26,30-32,38,42-44,49,54,58,60-61,63-64,66-67,72,76,78,86-92,94-95,97H,6-10,12-13,20-21,24-25,27-29,33-37,39-41,85H2,1-4H3/b62-5+/t42-,43-,49+,54+,58-,60+,61+,63+,64-,66+,67-,72+,76-,78?,80-,82+,83-,84+/m0/s1. The van der Waals surface area contributed by atoms with E-state index in [1.165, 1.54) is 54.9 Å². The fourth-order valence-electron chi connectivity index (χ4n) is 24.5. The third-order valence-electron chi connectivity index (χ3n) is 28.8. The topological polar surface area (TPSA) is 269 Å². The molecule has 5 aliphatic heterocycles. The Labute approximate surface area is 585 Å². The second kappa shape index (κ2) is 23.4. The first kappa shape index (κ1) is 64.9. The molecule has 4 saturated carbocycles. The summed E-state index contributed by atoms with van der Waals surface area (Å²) >= 11 is 0. The number of nitrogens with two attached hydrogens (primary N) is 1. The number of rotatable bonds is 10. The molecule has 1 aromatic heterocycles. The monoisotopic (exact) mass is 1350 g/mol. The van der Waals surface area contributed by atoms with Crippen molar-refractivity contribution >= 4 is 16.9 Å². The van der Waals surface area contributed by atoms with Crippen molar-refractivity contribution in [1.29, 1.82) is 0 Å². The lowest BCUT2D eigenvalue weighted by molar-refractivity contribution is -0.173. The molecule has 2 spiro atoms. The second-order valence-electron chi connectivity index (χ2n) is 33.6. The predicted molar refractivity (Wildman–Crippen MR) is 379 cm³/mol. The minimum absolute atomic E-state index is 0.0119. The highest BCUT2D eigenvalue weighted by Gasteiger charge is 2.69. The molecule has 1 unspecified atom stereocenters. The van der Waals surface area contributed by atoms with Gasteiger partial charge >= 0.3 is 5.97 Å². The Kier molecular flexibility index (Phi) is 15.2. The normalized spacial score (nSPS) is 36.7. The van der Waals surface area contributed by atoms with Crippen molar-refractivity contribution in [3.05, 3.63) is 191 Å². The number of aromatic hydroxyl groups is 2. The summed E-state index contributed by atoms with van der Waals surface area (Å²) in [4.78, 5) is 31.7. The predicted octanol–water partition coefficient (Wildman–Crippen LogP) is 11.7. The Hall–Kier alpha value is -7.18. The Balaban J connectivity index is 0.807. The third kappa shape index (κ3) is 9.29. The number of fused-ring (bicyclic) bond motifs is 12. The van der Waals surface area contributed by atoms with Gasteiger partial charge in [-0.05, 0) is 206 Å². The summed E-state index contributed by atoms with van der Waals surface area (Å²) in [7, 11) is 0. The minimum Gasteiger partial charge on any atom is -0.508 e. The van der Waals surface area contributed by atoms with Gasteiger partial charge in [0.2, 0.25) is 0 Å². The van der Waals surface area contributed by atoms with Crippen molar-refractivity contribution in [2.75, 3.05) is 13.2 Å². The SMILES string of the molecule is C/C=C(\C(=O)O[C@@H]1Cc2c3c(c4oc(CO)cc(=O)c4c2O)[C@H]2C4=CCNC(N)=C4[C@@H]([C@@H]4CCC5=C6C=C[C@H](C)NC6NC=C5C[C@H]4[C@]1(C)O3)C1(CCCC1)Cc1ccc(O)cc1[C@H]2CO)[C@]1(O)C[C@@H]2c3cccc4c3[C@]35C[C@H]1[C@H]2C=C3C=C[C@@](C[C@H](O)C[C@H](C)C1CCCCC1)(C5)[C@H]4O. The van der Waals surface area contributed by atoms with Gasteiger partial charge in [0.15, 0.2) is 5.43 Å². The van der Waals surface area contributed by atoms with Crippen molar-refractivity contribution in [2.24, 2.45) is 58.0 Å². The van der Waals surface area contributed by atoms with E-state index in [9.17, 15) is 35.7 Å². The largest absolute Gasteiger partial charge is 0.508 e. The number of allylic oxidation sites excluding steroid dienone is 8. The van der Waals surface area contributed by atoms with Gasteiger partial charge in [0.25, 0.3) is 0 Å². The lowest BCUT2D eigenvalue weighted by Crippen LogP contribution is -2.60. The molecule has 4 fully saturated rings. The van der Waals surface area contributed by atoms with Crippen molar-refractivity contribution < 1.29 is 54.4 Å². The van der Waals surface area contributed by atoms with Crippen LogP contribution >= 0.6 is 0 Å². The number of carbonyl (C=O) groups is 1. The summed E-state index contributed by atoms with van der Waals surface area (Å²) < 4.78 is 22.4. The van der Waals surface area contributed by atoms with Crippen LogP contribution in [0.3, 0.4) is 0 Å². The van der Waals surface area contributed by atoms with E-state index in [1.54, 1.807) is 18.2 Å². The number of carbonyl (C=O) groups excluding carboxylic acids is 1. The van der Waals surface area contributed by atoms with Gasteiger partial charge in [-0.25, -0.2) is 4.79 Å². The van der Waals surface area contributed by atoms with E-state index < -0.39 is 99.8 Å². The van der Waals surface area contributed by atoms with Crippen LogP contribution in [0.5, 0.6) is 17.2 Å². The number of esters is 1. The van der Waals surface area contributed by atoms with Crippen molar-refractivity contribution in [3.8, 4) is 17.2 Å². The van der Waals surface area contributed by atoms with Crippen molar-refractivity contribution in [2.45, 2.75) is 221 Å². The van der Waals surface area contributed by atoms with Crippen LogP contribution in [0.4, 0.5) is 0 Å². The summed E-state index contributed by atoms with van der Waals surface area (Å²) in [5, 5.41) is 98.7. The van der Waals surface area contributed by atoms with Gasteiger partial charge in [0.1, 0.15) is 69.9 Å². The van der Waals surface area contributed by atoms with Crippen LogP contribution in [-0.4, -0.2) is 90.5 Å². The molecule has 19 rings (SSSR count). The molecule has 0 radical (unpaired) electrons. The van der Waals surface area contributed by atoms with Gasteiger partial charge in [-0.1, -0.05) is 119 Å². The fourth-order valence-corrected chi connectivity index (χ4v) is 24.5. The number of hydrogen-bond donors (Lipinski definition) is 11. The smallest absolute Gasteiger partial charge is 0.337 e. The zero-order chi connectivity index (χ0) is 68.8. The average molecular weight is 1360 g/mol. The molecule has 9 bridgehead atoms. The van der Waals surface area contributed by atoms with E-state index in [4.69, 9.17) is 19.6 Å². The van der Waals surface area contributed by atoms with Gasteiger partial charge in [0.05, 0.1) is 24.4 Å². The molecule has 12 N–H and O–H groups in total. The molecule has 3 aromatic carbocycles. The zero-order valence-electron chi connectivity index (χ0n) is 58.1.